The molecule has 21 heavy (non-hydrogen) atoms. The number of aliphatic hydroxyl groups excluding tert-OH is 1. The van der Waals surface area contributed by atoms with Gasteiger partial charge in [0, 0.05) is 16.8 Å². The molecule has 0 aliphatic rings. The normalized spacial score (nSPS) is 10.8. The van der Waals surface area contributed by atoms with E-state index in [2.05, 4.69) is 20.4 Å². The van der Waals surface area contributed by atoms with Crippen LogP contribution in [0.15, 0.2) is 36.4 Å². The number of aryl methyl sites for hydroxylation is 2. The second-order valence-electron chi connectivity index (χ2n) is 4.81. The number of pyridine rings is 1. The van der Waals surface area contributed by atoms with E-state index in [1.807, 2.05) is 50.2 Å². The molecule has 106 valence electrons. The van der Waals surface area contributed by atoms with Gasteiger partial charge in [0.05, 0.1) is 6.61 Å². The van der Waals surface area contributed by atoms with Gasteiger partial charge in [-0.25, -0.2) is 4.98 Å². The molecule has 6 heteroatoms. The highest BCUT2D eigenvalue weighted by Crippen LogP contribution is 2.18. The van der Waals surface area contributed by atoms with E-state index < -0.39 is 0 Å². The van der Waals surface area contributed by atoms with Crippen LogP contribution in [0.25, 0.3) is 17.2 Å². The van der Waals surface area contributed by atoms with Gasteiger partial charge in [-0.3, -0.25) is 0 Å². The zero-order valence-corrected chi connectivity index (χ0v) is 11.9. The van der Waals surface area contributed by atoms with Gasteiger partial charge < -0.3 is 5.11 Å². The summed E-state index contributed by atoms with van der Waals surface area (Å²) in [7, 11) is 0. The predicted octanol–water partition coefficient (Wildman–Crippen LogP) is 1.83. The van der Waals surface area contributed by atoms with Gasteiger partial charge in [0.2, 0.25) is 5.82 Å². The highest BCUT2D eigenvalue weighted by atomic mass is 16.3. The molecule has 1 N–H and O–H groups in total. The molecule has 6 nitrogen and oxygen atoms in total. The minimum absolute atomic E-state index is 0.114. The number of hydrogen-bond donors (Lipinski definition) is 1. The van der Waals surface area contributed by atoms with E-state index in [9.17, 15) is 5.11 Å². The summed E-state index contributed by atoms with van der Waals surface area (Å²) in [5.74, 6) is 1.05. The van der Waals surface area contributed by atoms with Crippen molar-refractivity contribution in [3.8, 4) is 17.2 Å². The number of benzene rings is 1. The highest BCUT2D eigenvalue weighted by Gasteiger charge is 2.14. The Labute approximate surface area is 122 Å². The smallest absolute Gasteiger partial charge is 0.205 e. The zero-order chi connectivity index (χ0) is 14.8. The Morgan fingerprint density at radius 3 is 2.62 bits per heavy atom. The third-order valence-electron chi connectivity index (χ3n) is 3.25. The van der Waals surface area contributed by atoms with Gasteiger partial charge in [0.25, 0.3) is 0 Å². The Balaban J connectivity index is 2.09. The van der Waals surface area contributed by atoms with Crippen LogP contribution in [0.3, 0.4) is 0 Å². The summed E-state index contributed by atoms with van der Waals surface area (Å²) in [6.45, 7) is 3.71. The first-order valence-corrected chi connectivity index (χ1v) is 6.63. The van der Waals surface area contributed by atoms with Crippen LogP contribution < -0.4 is 0 Å². The summed E-state index contributed by atoms with van der Waals surface area (Å²) in [5.41, 5.74) is 3.40. The molecule has 0 amide bonds. The Hall–Kier alpha value is -2.60. The van der Waals surface area contributed by atoms with E-state index in [4.69, 9.17) is 0 Å². The van der Waals surface area contributed by atoms with Crippen LogP contribution in [0.4, 0.5) is 0 Å². The van der Waals surface area contributed by atoms with E-state index in [-0.39, 0.29) is 6.61 Å². The van der Waals surface area contributed by atoms with E-state index in [1.54, 1.807) is 0 Å². The van der Waals surface area contributed by atoms with Gasteiger partial charge in [-0.05, 0) is 30.7 Å². The van der Waals surface area contributed by atoms with Crippen molar-refractivity contribution in [3.05, 3.63) is 53.2 Å². The fraction of sp³-hybridized carbons (Fsp3) is 0.200. The van der Waals surface area contributed by atoms with Crippen LogP contribution in [-0.4, -0.2) is 30.3 Å². The lowest BCUT2D eigenvalue weighted by Gasteiger charge is -2.09. The third kappa shape index (κ3) is 2.53. The number of rotatable bonds is 3. The van der Waals surface area contributed by atoms with Crippen molar-refractivity contribution in [1.82, 2.24) is 25.2 Å². The lowest BCUT2D eigenvalue weighted by molar-refractivity contribution is 0.279. The van der Waals surface area contributed by atoms with Crippen molar-refractivity contribution in [3.63, 3.8) is 0 Å². The maximum absolute atomic E-state index is 9.55. The molecule has 2 aromatic heterocycles. The number of nitrogens with zero attached hydrogens (tertiary/aromatic N) is 5. The second-order valence-corrected chi connectivity index (χ2v) is 4.81. The molecule has 0 bridgehead atoms. The molecule has 3 aromatic rings. The van der Waals surface area contributed by atoms with Crippen molar-refractivity contribution in [2.75, 3.05) is 0 Å². The van der Waals surface area contributed by atoms with Crippen LogP contribution >= 0.6 is 0 Å². The summed E-state index contributed by atoms with van der Waals surface area (Å²) in [6.07, 6.45) is 0. The van der Waals surface area contributed by atoms with E-state index in [0.717, 1.165) is 16.8 Å². The third-order valence-corrected chi connectivity index (χ3v) is 3.25. The Bertz CT molecular complexity index is 767. The number of tetrazole rings is 1. The minimum Gasteiger partial charge on any atom is -0.392 e. The molecule has 0 spiro atoms. The fourth-order valence-electron chi connectivity index (χ4n) is 2.21. The topological polar surface area (TPSA) is 76.7 Å². The molecule has 0 radical (unpaired) electrons. The lowest BCUT2D eigenvalue weighted by Crippen LogP contribution is -2.09. The van der Waals surface area contributed by atoms with Gasteiger partial charge in [-0.2, -0.15) is 0 Å². The summed E-state index contributed by atoms with van der Waals surface area (Å²) in [5, 5.41) is 22.0. The molecule has 2 heterocycles. The molecule has 0 aliphatic carbocycles. The van der Waals surface area contributed by atoms with Crippen LogP contribution in [0, 0.1) is 13.8 Å². The van der Waals surface area contributed by atoms with Crippen molar-refractivity contribution in [2.45, 2.75) is 20.5 Å². The predicted molar refractivity (Wildman–Crippen MR) is 77.8 cm³/mol. The minimum atomic E-state index is -0.114. The molecule has 0 aliphatic heterocycles. The van der Waals surface area contributed by atoms with Gasteiger partial charge in [0.15, 0.2) is 5.82 Å². The maximum Gasteiger partial charge on any atom is 0.205 e. The molecular formula is C15H15N5O. The monoisotopic (exact) mass is 281 g/mol. The van der Waals surface area contributed by atoms with Crippen molar-refractivity contribution >= 4 is 0 Å². The number of aliphatic hydroxyl groups is 1. The molecule has 0 fully saturated rings. The van der Waals surface area contributed by atoms with Gasteiger partial charge in [-0.15, -0.1) is 15.0 Å². The molecule has 0 saturated heterocycles. The Kier molecular flexibility index (Phi) is 3.45. The van der Waals surface area contributed by atoms with Gasteiger partial charge in [0.1, 0.15) is 0 Å². The molecule has 0 saturated carbocycles. The fourth-order valence-corrected chi connectivity index (χ4v) is 2.21. The van der Waals surface area contributed by atoms with E-state index in [1.165, 1.54) is 4.80 Å². The SMILES string of the molecule is Cc1cc(C)c(CO)c(-n2nnc(-c3ccccc3)n2)n1. The quantitative estimate of drug-likeness (QED) is 0.792. The van der Waals surface area contributed by atoms with Crippen LogP contribution in [0.5, 0.6) is 0 Å². The average molecular weight is 281 g/mol. The first-order chi connectivity index (χ1) is 10.2. The second kappa shape index (κ2) is 5.41. The lowest BCUT2D eigenvalue weighted by atomic mass is 10.1. The molecule has 0 atom stereocenters. The van der Waals surface area contributed by atoms with Crippen molar-refractivity contribution in [2.24, 2.45) is 0 Å². The first-order valence-electron chi connectivity index (χ1n) is 6.63. The van der Waals surface area contributed by atoms with Crippen LogP contribution in [0.2, 0.25) is 0 Å². The van der Waals surface area contributed by atoms with E-state index in [0.29, 0.717) is 17.2 Å². The summed E-state index contributed by atoms with van der Waals surface area (Å²) < 4.78 is 0. The first kappa shape index (κ1) is 13.4. The summed E-state index contributed by atoms with van der Waals surface area (Å²) in [6, 6.07) is 11.5. The van der Waals surface area contributed by atoms with Gasteiger partial charge in [-0.1, -0.05) is 30.3 Å². The molecule has 1 aromatic carbocycles. The number of aromatic nitrogens is 5. The van der Waals surface area contributed by atoms with Crippen molar-refractivity contribution in [1.29, 1.82) is 0 Å². The standard InChI is InChI=1S/C15H15N5O/c1-10-8-11(2)16-15(13(10)9-21)20-18-14(17-19-20)12-6-4-3-5-7-12/h3-8,21H,9H2,1-2H3. The Morgan fingerprint density at radius 1 is 1.14 bits per heavy atom. The van der Waals surface area contributed by atoms with Gasteiger partial charge >= 0.3 is 0 Å². The zero-order valence-electron chi connectivity index (χ0n) is 11.9. The summed E-state index contributed by atoms with van der Waals surface area (Å²) >= 11 is 0. The number of hydrogen-bond acceptors (Lipinski definition) is 5. The largest absolute Gasteiger partial charge is 0.392 e. The molecular weight excluding hydrogens is 266 g/mol. The Morgan fingerprint density at radius 2 is 1.90 bits per heavy atom. The van der Waals surface area contributed by atoms with Crippen molar-refractivity contribution < 1.29 is 5.11 Å². The molecule has 3 rings (SSSR count). The van der Waals surface area contributed by atoms with Crippen LogP contribution in [-0.2, 0) is 6.61 Å². The van der Waals surface area contributed by atoms with Crippen LogP contribution in [0.1, 0.15) is 16.8 Å². The highest BCUT2D eigenvalue weighted by molar-refractivity contribution is 5.53. The maximum atomic E-state index is 9.55. The average Bonchev–Trinajstić information content (AvgIpc) is 2.97. The molecule has 0 unspecified atom stereocenters. The summed E-state index contributed by atoms with van der Waals surface area (Å²) in [4.78, 5) is 5.79. The van der Waals surface area contributed by atoms with E-state index >= 15 is 0 Å².